The Labute approximate surface area is 149 Å². The maximum Gasteiger partial charge on any atom is 0.278 e. The third-order valence-electron chi connectivity index (χ3n) is 3.42. The van der Waals surface area contributed by atoms with E-state index in [-0.39, 0.29) is 11.6 Å². The number of hydrogen-bond acceptors (Lipinski definition) is 3. The van der Waals surface area contributed by atoms with Crippen molar-refractivity contribution in [1.82, 2.24) is 9.97 Å². The molecule has 0 bridgehead atoms. The molecule has 0 spiro atoms. The SMILES string of the molecule is O=C(c1cnccn1)N(Cc1ccc(Cl)cc1)c1ccccc1Cl. The van der Waals surface area contributed by atoms with Crippen molar-refractivity contribution in [3.8, 4) is 0 Å². The number of nitrogens with zero attached hydrogens (tertiary/aromatic N) is 3. The Balaban J connectivity index is 1.99. The molecular formula is C18H13Cl2N3O. The largest absolute Gasteiger partial charge is 0.301 e. The number of benzene rings is 2. The molecule has 0 saturated carbocycles. The van der Waals surface area contributed by atoms with Crippen molar-refractivity contribution in [3.05, 3.63) is 88.4 Å². The quantitative estimate of drug-likeness (QED) is 0.683. The molecule has 0 aliphatic heterocycles. The van der Waals surface area contributed by atoms with E-state index < -0.39 is 0 Å². The van der Waals surface area contributed by atoms with E-state index in [0.29, 0.717) is 22.3 Å². The Hall–Kier alpha value is -2.43. The Morgan fingerprint density at radius 2 is 1.75 bits per heavy atom. The van der Waals surface area contributed by atoms with Gasteiger partial charge in [0.1, 0.15) is 5.69 Å². The lowest BCUT2D eigenvalue weighted by atomic mass is 10.2. The number of aromatic nitrogens is 2. The first-order valence-electron chi connectivity index (χ1n) is 7.22. The van der Waals surface area contributed by atoms with Gasteiger partial charge in [0.25, 0.3) is 5.91 Å². The van der Waals surface area contributed by atoms with Crippen LogP contribution in [0.25, 0.3) is 0 Å². The van der Waals surface area contributed by atoms with Crippen molar-refractivity contribution in [2.24, 2.45) is 0 Å². The molecule has 2 aromatic carbocycles. The summed E-state index contributed by atoms with van der Waals surface area (Å²) in [5, 5.41) is 1.13. The highest BCUT2D eigenvalue weighted by Crippen LogP contribution is 2.28. The molecule has 0 aliphatic rings. The molecule has 0 unspecified atom stereocenters. The van der Waals surface area contributed by atoms with Crippen molar-refractivity contribution in [2.75, 3.05) is 4.90 Å². The van der Waals surface area contributed by atoms with Crippen LogP contribution in [0.5, 0.6) is 0 Å². The average Bonchev–Trinajstić information content (AvgIpc) is 2.62. The lowest BCUT2D eigenvalue weighted by Gasteiger charge is -2.23. The van der Waals surface area contributed by atoms with E-state index in [1.165, 1.54) is 18.6 Å². The zero-order valence-corrected chi connectivity index (χ0v) is 14.1. The van der Waals surface area contributed by atoms with Gasteiger partial charge in [0.05, 0.1) is 23.5 Å². The Morgan fingerprint density at radius 3 is 2.42 bits per heavy atom. The van der Waals surface area contributed by atoms with Gasteiger partial charge in [-0.25, -0.2) is 4.98 Å². The Kier molecular flexibility index (Phi) is 5.08. The van der Waals surface area contributed by atoms with Crippen LogP contribution in [0.4, 0.5) is 5.69 Å². The number of anilines is 1. The highest BCUT2D eigenvalue weighted by atomic mass is 35.5. The Morgan fingerprint density at radius 1 is 1.00 bits per heavy atom. The highest BCUT2D eigenvalue weighted by molar-refractivity contribution is 6.34. The number of para-hydroxylation sites is 1. The predicted octanol–water partition coefficient (Wildman–Crippen LogP) is 4.63. The fraction of sp³-hybridized carbons (Fsp3) is 0.0556. The van der Waals surface area contributed by atoms with Crippen molar-refractivity contribution in [1.29, 1.82) is 0 Å². The van der Waals surface area contributed by atoms with Crippen molar-refractivity contribution in [2.45, 2.75) is 6.54 Å². The molecule has 3 rings (SSSR count). The molecule has 3 aromatic rings. The molecule has 0 radical (unpaired) electrons. The molecule has 0 saturated heterocycles. The van der Waals surface area contributed by atoms with E-state index in [4.69, 9.17) is 23.2 Å². The first kappa shape index (κ1) is 16.4. The van der Waals surface area contributed by atoms with Gasteiger partial charge in [-0.3, -0.25) is 9.78 Å². The van der Waals surface area contributed by atoms with Gasteiger partial charge in [0.2, 0.25) is 0 Å². The van der Waals surface area contributed by atoms with E-state index >= 15 is 0 Å². The minimum absolute atomic E-state index is 0.256. The second-order valence-corrected chi connectivity index (χ2v) is 5.90. The zero-order chi connectivity index (χ0) is 16.9. The third-order valence-corrected chi connectivity index (χ3v) is 4.00. The maximum atomic E-state index is 12.9. The van der Waals surface area contributed by atoms with Crippen molar-refractivity contribution >= 4 is 34.8 Å². The minimum atomic E-state index is -0.272. The summed E-state index contributed by atoms with van der Waals surface area (Å²) >= 11 is 12.2. The molecule has 1 aromatic heterocycles. The smallest absolute Gasteiger partial charge is 0.278 e. The summed E-state index contributed by atoms with van der Waals surface area (Å²) in [4.78, 5) is 22.5. The summed E-state index contributed by atoms with van der Waals surface area (Å²) in [5.41, 5.74) is 1.80. The lowest BCUT2D eigenvalue weighted by molar-refractivity contribution is 0.0980. The van der Waals surface area contributed by atoms with Crippen LogP contribution in [0.15, 0.2) is 67.1 Å². The van der Waals surface area contributed by atoms with Gasteiger partial charge in [0, 0.05) is 17.4 Å². The second kappa shape index (κ2) is 7.43. The second-order valence-electron chi connectivity index (χ2n) is 5.06. The van der Waals surface area contributed by atoms with E-state index in [9.17, 15) is 4.79 Å². The normalized spacial score (nSPS) is 10.4. The summed E-state index contributed by atoms with van der Waals surface area (Å²) in [7, 11) is 0. The fourth-order valence-electron chi connectivity index (χ4n) is 2.26. The molecule has 0 fully saturated rings. The van der Waals surface area contributed by atoms with Crippen LogP contribution in [-0.2, 0) is 6.54 Å². The fourth-order valence-corrected chi connectivity index (χ4v) is 2.62. The zero-order valence-electron chi connectivity index (χ0n) is 12.6. The summed E-state index contributed by atoms with van der Waals surface area (Å²) in [6, 6.07) is 14.5. The number of rotatable bonds is 4. The number of halogens is 2. The van der Waals surface area contributed by atoms with Crippen LogP contribution < -0.4 is 4.90 Å². The number of hydrogen-bond donors (Lipinski definition) is 0. The number of carbonyl (C=O) groups excluding carboxylic acids is 1. The van der Waals surface area contributed by atoms with E-state index in [1.54, 1.807) is 29.2 Å². The average molecular weight is 358 g/mol. The minimum Gasteiger partial charge on any atom is -0.301 e. The van der Waals surface area contributed by atoms with Gasteiger partial charge in [-0.05, 0) is 29.8 Å². The molecule has 0 aliphatic carbocycles. The summed E-state index contributed by atoms with van der Waals surface area (Å²) < 4.78 is 0. The molecule has 120 valence electrons. The van der Waals surface area contributed by atoms with Gasteiger partial charge in [-0.2, -0.15) is 0 Å². The Bertz CT molecular complexity index is 838. The summed E-state index contributed by atoms with van der Waals surface area (Å²) in [6.07, 6.45) is 4.45. The summed E-state index contributed by atoms with van der Waals surface area (Å²) in [6.45, 7) is 0.344. The molecule has 0 N–H and O–H groups in total. The molecular weight excluding hydrogens is 345 g/mol. The van der Waals surface area contributed by atoms with Gasteiger partial charge in [-0.1, -0.05) is 47.5 Å². The number of carbonyl (C=O) groups is 1. The molecule has 1 amide bonds. The maximum absolute atomic E-state index is 12.9. The predicted molar refractivity (Wildman–Crippen MR) is 95.4 cm³/mol. The van der Waals surface area contributed by atoms with Crippen molar-refractivity contribution in [3.63, 3.8) is 0 Å². The van der Waals surface area contributed by atoms with Crippen LogP contribution in [-0.4, -0.2) is 15.9 Å². The van der Waals surface area contributed by atoms with E-state index in [0.717, 1.165) is 5.56 Å². The lowest BCUT2D eigenvalue weighted by Crippen LogP contribution is -2.31. The molecule has 1 heterocycles. The topological polar surface area (TPSA) is 46.1 Å². The summed E-state index contributed by atoms with van der Waals surface area (Å²) in [5.74, 6) is -0.272. The number of amides is 1. The van der Waals surface area contributed by atoms with E-state index in [1.807, 2.05) is 24.3 Å². The molecule has 0 atom stereocenters. The van der Waals surface area contributed by atoms with Crippen molar-refractivity contribution < 1.29 is 4.79 Å². The highest BCUT2D eigenvalue weighted by Gasteiger charge is 2.21. The van der Waals surface area contributed by atoms with Gasteiger partial charge in [-0.15, -0.1) is 0 Å². The molecule has 6 heteroatoms. The van der Waals surface area contributed by atoms with Gasteiger partial charge < -0.3 is 4.90 Å². The van der Waals surface area contributed by atoms with Crippen LogP contribution in [0.3, 0.4) is 0 Å². The van der Waals surface area contributed by atoms with Crippen LogP contribution in [0.1, 0.15) is 16.1 Å². The molecule has 24 heavy (non-hydrogen) atoms. The van der Waals surface area contributed by atoms with E-state index in [2.05, 4.69) is 9.97 Å². The standard InChI is InChI=1S/C18H13Cl2N3O/c19-14-7-5-13(6-8-14)12-23(17-4-2-1-3-15(17)20)18(24)16-11-21-9-10-22-16/h1-11H,12H2. The third kappa shape index (κ3) is 3.72. The monoisotopic (exact) mass is 357 g/mol. The first-order valence-corrected chi connectivity index (χ1v) is 7.97. The van der Waals surface area contributed by atoms with Gasteiger partial charge >= 0.3 is 0 Å². The molecule has 4 nitrogen and oxygen atoms in total. The van der Waals surface area contributed by atoms with Crippen LogP contribution in [0.2, 0.25) is 10.0 Å². The first-order chi connectivity index (χ1) is 11.6. The van der Waals surface area contributed by atoms with Gasteiger partial charge in [0.15, 0.2) is 0 Å². The van der Waals surface area contributed by atoms with Crippen LogP contribution >= 0.6 is 23.2 Å². The van der Waals surface area contributed by atoms with Crippen LogP contribution in [0, 0.1) is 0 Å².